The molecule has 0 aromatic heterocycles. The summed E-state index contributed by atoms with van der Waals surface area (Å²) in [5, 5.41) is 4.13. The van der Waals surface area contributed by atoms with Crippen molar-refractivity contribution in [3.63, 3.8) is 0 Å². The maximum absolute atomic E-state index is 13.0. The number of halogens is 3. The van der Waals surface area contributed by atoms with Crippen LogP contribution in [0.3, 0.4) is 0 Å². The van der Waals surface area contributed by atoms with Crippen LogP contribution in [0.5, 0.6) is 0 Å². The number of carbonyl (C=O) groups is 1. The summed E-state index contributed by atoms with van der Waals surface area (Å²) in [7, 11) is 0. The molecule has 0 aliphatic carbocycles. The Kier molecular flexibility index (Phi) is 6.25. The van der Waals surface area contributed by atoms with E-state index in [1.165, 1.54) is 6.07 Å². The van der Waals surface area contributed by atoms with Gasteiger partial charge >= 0.3 is 6.18 Å². The van der Waals surface area contributed by atoms with Gasteiger partial charge in [0.2, 0.25) is 5.91 Å². The zero-order valence-electron chi connectivity index (χ0n) is 16.3. The van der Waals surface area contributed by atoms with Crippen molar-refractivity contribution >= 4 is 11.6 Å². The van der Waals surface area contributed by atoms with E-state index in [2.05, 4.69) is 5.16 Å². The number of amides is 1. The van der Waals surface area contributed by atoms with E-state index in [4.69, 9.17) is 4.84 Å². The molecular formula is C22H23F3N2O2. The van der Waals surface area contributed by atoms with E-state index < -0.39 is 11.7 Å². The van der Waals surface area contributed by atoms with Gasteiger partial charge < -0.3 is 9.74 Å². The number of nitrogens with zero attached hydrogens (tertiary/aromatic N) is 2. The van der Waals surface area contributed by atoms with E-state index in [-0.39, 0.29) is 31.0 Å². The van der Waals surface area contributed by atoms with Gasteiger partial charge in [-0.25, -0.2) is 0 Å². The molecule has 0 spiro atoms. The van der Waals surface area contributed by atoms with Gasteiger partial charge in [0.1, 0.15) is 0 Å². The minimum atomic E-state index is -4.42. The third-order valence-electron chi connectivity index (χ3n) is 4.70. The van der Waals surface area contributed by atoms with Crippen molar-refractivity contribution in [1.29, 1.82) is 0 Å². The third-order valence-corrected chi connectivity index (χ3v) is 4.70. The van der Waals surface area contributed by atoms with E-state index in [0.29, 0.717) is 12.0 Å². The first kappa shape index (κ1) is 20.9. The molecular weight excluding hydrogens is 381 g/mol. The predicted octanol–water partition coefficient (Wildman–Crippen LogP) is 4.88. The Morgan fingerprint density at radius 3 is 2.55 bits per heavy atom. The molecule has 1 atom stereocenters. The van der Waals surface area contributed by atoms with Crippen LogP contribution in [0.15, 0.2) is 59.8 Å². The Morgan fingerprint density at radius 2 is 1.90 bits per heavy atom. The van der Waals surface area contributed by atoms with Crippen LogP contribution in [0.2, 0.25) is 0 Å². The lowest BCUT2D eigenvalue weighted by molar-refractivity contribution is -0.137. The molecule has 0 saturated heterocycles. The van der Waals surface area contributed by atoms with E-state index in [9.17, 15) is 18.0 Å². The van der Waals surface area contributed by atoms with Crippen molar-refractivity contribution in [2.75, 3.05) is 6.54 Å². The van der Waals surface area contributed by atoms with Crippen molar-refractivity contribution in [2.45, 2.75) is 39.1 Å². The second-order valence-corrected chi connectivity index (χ2v) is 7.41. The van der Waals surface area contributed by atoms with Crippen molar-refractivity contribution in [1.82, 2.24) is 4.90 Å². The zero-order valence-corrected chi connectivity index (χ0v) is 16.3. The highest BCUT2D eigenvalue weighted by atomic mass is 19.4. The molecule has 29 heavy (non-hydrogen) atoms. The molecule has 0 N–H and O–H groups in total. The van der Waals surface area contributed by atoms with Crippen LogP contribution < -0.4 is 0 Å². The predicted molar refractivity (Wildman–Crippen MR) is 104 cm³/mol. The SMILES string of the molecule is CC(C)C(=O)N(Cc1cccc(C(F)(F)F)c1)C[C@@H]1CC(c2ccccc2)=NO1. The molecule has 1 aliphatic heterocycles. The summed E-state index contributed by atoms with van der Waals surface area (Å²) in [4.78, 5) is 19.7. The van der Waals surface area contributed by atoms with Gasteiger partial charge in [-0.3, -0.25) is 4.79 Å². The number of oxime groups is 1. The number of hydrogen-bond donors (Lipinski definition) is 0. The third kappa shape index (κ3) is 5.37. The van der Waals surface area contributed by atoms with Gasteiger partial charge in [0.25, 0.3) is 0 Å². The minimum Gasteiger partial charge on any atom is -0.390 e. The smallest absolute Gasteiger partial charge is 0.390 e. The van der Waals surface area contributed by atoms with Crippen LogP contribution in [0.25, 0.3) is 0 Å². The lowest BCUT2D eigenvalue weighted by atomic mass is 10.0. The molecule has 3 rings (SSSR count). The van der Waals surface area contributed by atoms with Crippen molar-refractivity contribution < 1.29 is 22.8 Å². The maximum atomic E-state index is 13.0. The Labute approximate surface area is 168 Å². The zero-order chi connectivity index (χ0) is 21.0. The molecule has 1 heterocycles. The van der Waals surface area contributed by atoms with Crippen LogP contribution in [-0.4, -0.2) is 29.2 Å². The van der Waals surface area contributed by atoms with E-state index in [1.807, 2.05) is 30.3 Å². The Balaban J connectivity index is 1.72. The second-order valence-electron chi connectivity index (χ2n) is 7.41. The monoisotopic (exact) mass is 404 g/mol. The molecule has 1 aliphatic rings. The van der Waals surface area contributed by atoms with E-state index in [1.54, 1.807) is 24.8 Å². The second kappa shape index (κ2) is 8.68. The first-order valence-electron chi connectivity index (χ1n) is 9.47. The number of benzene rings is 2. The average Bonchev–Trinajstić information content (AvgIpc) is 3.16. The Morgan fingerprint density at radius 1 is 1.17 bits per heavy atom. The summed E-state index contributed by atoms with van der Waals surface area (Å²) >= 11 is 0. The molecule has 1 amide bonds. The highest BCUT2D eigenvalue weighted by molar-refractivity contribution is 6.01. The van der Waals surface area contributed by atoms with Crippen LogP contribution in [0.1, 0.15) is 37.0 Å². The fraction of sp³-hybridized carbons (Fsp3) is 0.364. The minimum absolute atomic E-state index is 0.0848. The molecule has 0 saturated carbocycles. The average molecular weight is 404 g/mol. The van der Waals surface area contributed by atoms with Gasteiger partial charge in [0.05, 0.1) is 17.8 Å². The summed E-state index contributed by atoms with van der Waals surface area (Å²) in [6, 6.07) is 14.7. The highest BCUT2D eigenvalue weighted by Gasteiger charge is 2.31. The van der Waals surface area contributed by atoms with Crippen LogP contribution in [0, 0.1) is 5.92 Å². The van der Waals surface area contributed by atoms with Gasteiger partial charge in [0, 0.05) is 18.9 Å². The highest BCUT2D eigenvalue weighted by Crippen LogP contribution is 2.30. The van der Waals surface area contributed by atoms with Crippen LogP contribution in [-0.2, 0) is 22.4 Å². The summed E-state index contributed by atoms with van der Waals surface area (Å²) in [6.45, 7) is 3.88. The molecule has 0 bridgehead atoms. The standard InChI is InChI=1S/C22H23F3N2O2/c1-15(2)21(28)27(13-16-7-6-10-18(11-16)22(23,24)25)14-19-12-20(26-29-19)17-8-4-3-5-9-17/h3-11,15,19H,12-14H2,1-2H3/t19-/m0/s1. The first-order chi connectivity index (χ1) is 13.7. The molecule has 7 heteroatoms. The first-order valence-corrected chi connectivity index (χ1v) is 9.47. The molecule has 154 valence electrons. The van der Waals surface area contributed by atoms with Gasteiger partial charge in [-0.2, -0.15) is 13.2 Å². The Bertz CT molecular complexity index is 879. The molecule has 0 radical (unpaired) electrons. The topological polar surface area (TPSA) is 41.9 Å². The largest absolute Gasteiger partial charge is 0.416 e. The van der Waals surface area contributed by atoms with Gasteiger partial charge in [-0.15, -0.1) is 0 Å². The number of alkyl halides is 3. The molecule has 0 unspecified atom stereocenters. The Hall–Kier alpha value is -2.83. The van der Waals surface area contributed by atoms with Crippen molar-refractivity contribution in [3.05, 3.63) is 71.3 Å². The molecule has 0 fully saturated rings. The summed E-state index contributed by atoms with van der Waals surface area (Å²) < 4.78 is 39.0. The maximum Gasteiger partial charge on any atom is 0.416 e. The number of carbonyl (C=O) groups excluding carboxylic acids is 1. The molecule has 4 nitrogen and oxygen atoms in total. The normalized spacial score (nSPS) is 16.5. The fourth-order valence-electron chi connectivity index (χ4n) is 3.24. The van der Waals surface area contributed by atoms with E-state index in [0.717, 1.165) is 23.4 Å². The molecule has 2 aromatic rings. The van der Waals surface area contributed by atoms with Gasteiger partial charge in [-0.1, -0.05) is 61.5 Å². The van der Waals surface area contributed by atoms with Gasteiger partial charge in [-0.05, 0) is 23.3 Å². The van der Waals surface area contributed by atoms with Crippen LogP contribution in [0.4, 0.5) is 13.2 Å². The van der Waals surface area contributed by atoms with Crippen molar-refractivity contribution in [2.24, 2.45) is 11.1 Å². The van der Waals surface area contributed by atoms with E-state index >= 15 is 0 Å². The quantitative estimate of drug-likeness (QED) is 0.688. The van der Waals surface area contributed by atoms with Crippen molar-refractivity contribution in [3.8, 4) is 0 Å². The lowest BCUT2D eigenvalue weighted by Crippen LogP contribution is -2.39. The fourth-order valence-corrected chi connectivity index (χ4v) is 3.24. The summed E-state index contributed by atoms with van der Waals surface area (Å²) in [5.74, 6) is -0.420. The summed E-state index contributed by atoms with van der Waals surface area (Å²) in [5.41, 5.74) is 1.45. The van der Waals surface area contributed by atoms with Crippen LogP contribution >= 0.6 is 0 Å². The summed E-state index contributed by atoms with van der Waals surface area (Å²) in [6.07, 6.45) is -4.22. The number of rotatable bonds is 6. The van der Waals surface area contributed by atoms with Gasteiger partial charge in [0.15, 0.2) is 6.10 Å². The molecule has 2 aromatic carbocycles. The number of hydrogen-bond acceptors (Lipinski definition) is 3. The lowest BCUT2D eigenvalue weighted by Gasteiger charge is -2.27.